The summed E-state index contributed by atoms with van der Waals surface area (Å²) in [6, 6.07) is 17.6. The summed E-state index contributed by atoms with van der Waals surface area (Å²) in [5, 5.41) is 0. The molecular formula is C18H17N3O3. The van der Waals surface area contributed by atoms with Crippen LogP contribution >= 0.6 is 0 Å². The van der Waals surface area contributed by atoms with Gasteiger partial charge in [-0.2, -0.15) is 0 Å². The Kier molecular flexibility index (Phi) is 4.56. The lowest BCUT2D eigenvalue weighted by Crippen LogP contribution is -2.21. The number of hydrogen-bond acceptors (Lipinski definition) is 4. The van der Waals surface area contributed by atoms with Crippen LogP contribution in [0.15, 0.2) is 54.6 Å². The molecule has 0 aliphatic heterocycles. The van der Waals surface area contributed by atoms with E-state index in [-0.39, 0.29) is 6.42 Å². The molecule has 0 bridgehead atoms. The number of imidazole rings is 1. The second-order valence-electron chi connectivity index (χ2n) is 5.31. The molecule has 6 heteroatoms. The van der Waals surface area contributed by atoms with E-state index in [0.717, 1.165) is 22.5 Å². The molecule has 122 valence electrons. The summed E-state index contributed by atoms with van der Waals surface area (Å²) >= 11 is 0. The van der Waals surface area contributed by atoms with Crippen molar-refractivity contribution in [3.05, 3.63) is 60.4 Å². The third-order valence-electron chi connectivity index (χ3n) is 3.57. The third kappa shape index (κ3) is 3.43. The van der Waals surface area contributed by atoms with E-state index in [1.165, 1.54) is 0 Å². The molecule has 1 heterocycles. The molecule has 3 aromatic rings. The number of hydrogen-bond donors (Lipinski definition) is 1. The van der Waals surface area contributed by atoms with Crippen molar-refractivity contribution in [3.63, 3.8) is 0 Å². The molecule has 24 heavy (non-hydrogen) atoms. The number of nitrogens with two attached hydrogens (primary N) is 1. The SMILES string of the molecule is NC(=O)COC(=O)CCc1nc2ccccc2n1-c1ccccc1. The Balaban J connectivity index is 1.88. The van der Waals surface area contributed by atoms with Crippen molar-refractivity contribution in [2.45, 2.75) is 12.8 Å². The topological polar surface area (TPSA) is 87.2 Å². The number of ether oxygens (including phenoxy) is 1. The van der Waals surface area contributed by atoms with E-state index in [0.29, 0.717) is 6.42 Å². The lowest BCUT2D eigenvalue weighted by molar-refractivity contribution is -0.147. The molecule has 2 aromatic carbocycles. The van der Waals surface area contributed by atoms with E-state index >= 15 is 0 Å². The van der Waals surface area contributed by atoms with Gasteiger partial charge in [0.15, 0.2) is 6.61 Å². The molecule has 0 unspecified atom stereocenters. The number of rotatable bonds is 6. The summed E-state index contributed by atoms with van der Waals surface area (Å²) in [5.41, 5.74) is 7.78. The lowest BCUT2D eigenvalue weighted by Gasteiger charge is -2.09. The molecule has 1 aromatic heterocycles. The number of para-hydroxylation sites is 3. The van der Waals surface area contributed by atoms with Crippen LogP contribution in [-0.2, 0) is 20.7 Å². The zero-order valence-corrected chi connectivity index (χ0v) is 13.0. The van der Waals surface area contributed by atoms with Crippen LogP contribution in [0.4, 0.5) is 0 Å². The Morgan fingerprint density at radius 2 is 1.75 bits per heavy atom. The van der Waals surface area contributed by atoms with Crippen LogP contribution in [0.2, 0.25) is 0 Å². The minimum atomic E-state index is -0.667. The number of nitrogens with zero attached hydrogens (tertiary/aromatic N) is 2. The van der Waals surface area contributed by atoms with Gasteiger partial charge in [0, 0.05) is 12.1 Å². The fourth-order valence-electron chi connectivity index (χ4n) is 2.55. The lowest BCUT2D eigenvalue weighted by atomic mass is 10.2. The van der Waals surface area contributed by atoms with Crippen LogP contribution in [0.3, 0.4) is 0 Å². The zero-order chi connectivity index (χ0) is 16.9. The summed E-state index contributed by atoms with van der Waals surface area (Å²) in [5.74, 6) is -0.376. The molecule has 0 saturated heterocycles. The maximum absolute atomic E-state index is 11.7. The summed E-state index contributed by atoms with van der Waals surface area (Å²) in [7, 11) is 0. The van der Waals surface area contributed by atoms with Crippen molar-refractivity contribution in [3.8, 4) is 5.69 Å². The maximum Gasteiger partial charge on any atom is 0.306 e. The smallest absolute Gasteiger partial charge is 0.306 e. The fraction of sp³-hybridized carbons (Fsp3) is 0.167. The van der Waals surface area contributed by atoms with Gasteiger partial charge < -0.3 is 10.5 Å². The molecule has 0 aliphatic carbocycles. The molecule has 3 rings (SSSR count). The number of fused-ring (bicyclic) bond motifs is 1. The van der Waals surface area contributed by atoms with Crippen LogP contribution in [0.25, 0.3) is 16.7 Å². The summed E-state index contributed by atoms with van der Waals surface area (Å²) in [6.07, 6.45) is 0.532. The van der Waals surface area contributed by atoms with E-state index in [2.05, 4.69) is 4.98 Å². The van der Waals surface area contributed by atoms with Crippen LogP contribution < -0.4 is 5.73 Å². The average Bonchev–Trinajstić information content (AvgIpc) is 2.97. The van der Waals surface area contributed by atoms with E-state index in [1.54, 1.807) is 0 Å². The van der Waals surface area contributed by atoms with Crippen molar-refractivity contribution in [1.29, 1.82) is 0 Å². The van der Waals surface area contributed by atoms with Crippen LogP contribution in [0.5, 0.6) is 0 Å². The number of carbonyl (C=O) groups is 2. The number of primary amides is 1. The van der Waals surface area contributed by atoms with Crippen LogP contribution in [0, 0.1) is 0 Å². The van der Waals surface area contributed by atoms with Gasteiger partial charge in [-0.1, -0.05) is 30.3 Å². The highest BCUT2D eigenvalue weighted by Crippen LogP contribution is 2.22. The third-order valence-corrected chi connectivity index (χ3v) is 3.57. The minimum Gasteiger partial charge on any atom is -0.456 e. The first kappa shape index (κ1) is 15.7. The summed E-state index contributed by atoms with van der Waals surface area (Å²) in [4.78, 5) is 27.0. The van der Waals surface area contributed by atoms with Crippen LogP contribution in [0.1, 0.15) is 12.2 Å². The maximum atomic E-state index is 11.7. The van der Waals surface area contributed by atoms with Crippen molar-refractivity contribution in [2.24, 2.45) is 5.73 Å². The molecule has 0 spiro atoms. The van der Waals surface area contributed by atoms with Gasteiger partial charge in [0.1, 0.15) is 5.82 Å². The number of carbonyl (C=O) groups excluding carboxylic acids is 2. The predicted octanol–water partition coefficient (Wildman–Crippen LogP) is 1.99. The summed E-state index contributed by atoms with van der Waals surface area (Å²) in [6.45, 7) is -0.395. The molecule has 0 atom stereocenters. The second kappa shape index (κ2) is 6.95. The first-order chi connectivity index (χ1) is 11.6. The Labute approximate surface area is 138 Å². The standard InChI is InChI=1S/C18H17N3O3/c19-16(22)12-24-18(23)11-10-17-20-14-8-4-5-9-15(14)21(17)13-6-2-1-3-7-13/h1-9H,10-12H2,(H2,19,22). The summed E-state index contributed by atoms with van der Waals surface area (Å²) < 4.78 is 6.82. The molecule has 0 radical (unpaired) electrons. The van der Waals surface area contributed by atoms with Crippen molar-refractivity contribution < 1.29 is 14.3 Å². The molecule has 2 N–H and O–H groups in total. The van der Waals surface area contributed by atoms with E-state index in [9.17, 15) is 9.59 Å². The molecule has 0 fully saturated rings. The zero-order valence-electron chi connectivity index (χ0n) is 13.0. The van der Waals surface area contributed by atoms with Gasteiger partial charge in [0.2, 0.25) is 0 Å². The van der Waals surface area contributed by atoms with Gasteiger partial charge in [-0.05, 0) is 24.3 Å². The van der Waals surface area contributed by atoms with E-state index < -0.39 is 18.5 Å². The van der Waals surface area contributed by atoms with Gasteiger partial charge in [-0.15, -0.1) is 0 Å². The minimum absolute atomic E-state index is 0.128. The number of benzene rings is 2. The number of amides is 1. The highest BCUT2D eigenvalue weighted by atomic mass is 16.5. The van der Waals surface area contributed by atoms with Crippen molar-refractivity contribution in [1.82, 2.24) is 9.55 Å². The number of esters is 1. The number of aromatic nitrogens is 2. The normalized spacial score (nSPS) is 10.7. The first-order valence-electron chi connectivity index (χ1n) is 7.61. The highest BCUT2D eigenvalue weighted by molar-refractivity contribution is 5.80. The largest absolute Gasteiger partial charge is 0.456 e. The molecular weight excluding hydrogens is 306 g/mol. The van der Waals surface area contributed by atoms with E-state index in [1.807, 2.05) is 59.2 Å². The second-order valence-corrected chi connectivity index (χ2v) is 5.31. The Morgan fingerprint density at radius 1 is 1.04 bits per heavy atom. The highest BCUT2D eigenvalue weighted by Gasteiger charge is 2.14. The Morgan fingerprint density at radius 3 is 2.50 bits per heavy atom. The first-order valence-corrected chi connectivity index (χ1v) is 7.61. The van der Waals surface area contributed by atoms with Gasteiger partial charge in [-0.25, -0.2) is 4.98 Å². The fourth-order valence-corrected chi connectivity index (χ4v) is 2.55. The Hall–Kier alpha value is -3.15. The van der Waals surface area contributed by atoms with Gasteiger partial charge in [-0.3, -0.25) is 14.2 Å². The number of aryl methyl sites for hydroxylation is 1. The van der Waals surface area contributed by atoms with Gasteiger partial charge in [0.05, 0.1) is 17.5 Å². The van der Waals surface area contributed by atoms with Gasteiger partial charge in [0.25, 0.3) is 5.91 Å². The van der Waals surface area contributed by atoms with Crippen LogP contribution in [-0.4, -0.2) is 28.0 Å². The van der Waals surface area contributed by atoms with Gasteiger partial charge >= 0.3 is 5.97 Å². The Bertz CT molecular complexity index is 872. The van der Waals surface area contributed by atoms with Crippen molar-refractivity contribution >= 4 is 22.9 Å². The van der Waals surface area contributed by atoms with E-state index in [4.69, 9.17) is 10.5 Å². The monoisotopic (exact) mass is 323 g/mol. The molecule has 0 aliphatic rings. The molecule has 0 saturated carbocycles. The quantitative estimate of drug-likeness (QED) is 0.703. The predicted molar refractivity (Wildman–Crippen MR) is 89.5 cm³/mol. The molecule has 6 nitrogen and oxygen atoms in total. The average molecular weight is 323 g/mol. The molecule has 1 amide bonds. The van der Waals surface area contributed by atoms with Crippen molar-refractivity contribution in [2.75, 3.05) is 6.61 Å².